The molecule has 0 bridgehead atoms. The van der Waals surface area contributed by atoms with E-state index in [-0.39, 0.29) is 6.42 Å². The Morgan fingerprint density at radius 1 is 1.09 bits per heavy atom. The fraction of sp³-hybridized carbons (Fsp3) is 0.522. The number of esters is 1. The van der Waals surface area contributed by atoms with E-state index < -0.39 is 73.3 Å². The van der Waals surface area contributed by atoms with Crippen LogP contribution in [0, 0.1) is 5.92 Å². The maximum Gasteiger partial charge on any atom is 0.331 e. The SMILES string of the molecule is O=C(/C=C/c1ccccc1)OC1CC(O)C2(O)C=CO[C@@H](OC3OC(CO)C(O)C(O)C3O)C12. The van der Waals surface area contributed by atoms with Crippen molar-refractivity contribution in [1.82, 2.24) is 0 Å². The summed E-state index contributed by atoms with van der Waals surface area (Å²) in [6, 6.07) is 9.05. The first-order chi connectivity index (χ1) is 16.2. The number of hydrogen-bond acceptors (Lipinski definition) is 11. The number of hydrogen-bond donors (Lipinski definition) is 6. The van der Waals surface area contributed by atoms with Gasteiger partial charge in [0.2, 0.25) is 6.29 Å². The van der Waals surface area contributed by atoms with Gasteiger partial charge in [-0.05, 0) is 17.7 Å². The molecule has 6 N–H and O–H groups in total. The van der Waals surface area contributed by atoms with Gasteiger partial charge in [-0.15, -0.1) is 0 Å². The second-order valence-electron chi connectivity index (χ2n) is 8.52. The van der Waals surface area contributed by atoms with E-state index in [0.717, 1.165) is 11.8 Å². The number of fused-ring (bicyclic) bond motifs is 1. The highest BCUT2D eigenvalue weighted by Gasteiger charge is 2.61. The lowest BCUT2D eigenvalue weighted by atomic mass is 9.86. The van der Waals surface area contributed by atoms with E-state index in [1.165, 1.54) is 12.2 Å². The Bertz CT molecular complexity index is 903. The monoisotopic (exact) mass is 480 g/mol. The van der Waals surface area contributed by atoms with Crippen LogP contribution in [0.25, 0.3) is 6.08 Å². The predicted molar refractivity (Wildman–Crippen MR) is 113 cm³/mol. The molecule has 9 unspecified atom stereocenters. The van der Waals surface area contributed by atoms with Crippen LogP contribution >= 0.6 is 0 Å². The molecule has 1 aliphatic carbocycles. The van der Waals surface area contributed by atoms with Crippen molar-refractivity contribution in [2.75, 3.05) is 6.61 Å². The first kappa shape index (κ1) is 24.8. The van der Waals surface area contributed by atoms with Crippen molar-refractivity contribution in [2.24, 2.45) is 5.92 Å². The number of carbonyl (C=O) groups is 1. The quantitative estimate of drug-likeness (QED) is 0.204. The van der Waals surface area contributed by atoms with Gasteiger partial charge in [-0.3, -0.25) is 0 Å². The summed E-state index contributed by atoms with van der Waals surface area (Å²) >= 11 is 0. The molecule has 0 spiro atoms. The van der Waals surface area contributed by atoms with Gasteiger partial charge < -0.3 is 49.6 Å². The van der Waals surface area contributed by atoms with Crippen LogP contribution in [0.2, 0.25) is 0 Å². The number of carbonyl (C=O) groups excluding carboxylic acids is 1. The third kappa shape index (κ3) is 4.74. The number of benzene rings is 1. The Balaban J connectivity index is 1.50. The van der Waals surface area contributed by atoms with E-state index in [2.05, 4.69) is 0 Å². The second kappa shape index (κ2) is 10.1. The molecule has 186 valence electrons. The topological polar surface area (TPSA) is 175 Å². The summed E-state index contributed by atoms with van der Waals surface area (Å²) in [7, 11) is 0. The number of aliphatic hydroxyl groups excluding tert-OH is 5. The predicted octanol–water partition coefficient (Wildman–Crippen LogP) is -1.59. The smallest absolute Gasteiger partial charge is 0.331 e. The second-order valence-corrected chi connectivity index (χ2v) is 8.52. The molecular weight excluding hydrogens is 452 g/mol. The van der Waals surface area contributed by atoms with Crippen LogP contribution in [0.15, 0.2) is 48.7 Å². The van der Waals surface area contributed by atoms with Crippen molar-refractivity contribution >= 4 is 12.0 Å². The van der Waals surface area contributed by atoms with Crippen LogP contribution in [0.3, 0.4) is 0 Å². The van der Waals surface area contributed by atoms with Gasteiger partial charge in [0.15, 0.2) is 6.29 Å². The minimum atomic E-state index is -1.87. The summed E-state index contributed by atoms with van der Waals surface area (Å²) in [4.78, 5) is 12.4. The molecule has 4 rings (SSSR count). The molecule has 3 aliphatic rings. The third-order valence-corrected chi connectivity index (χ3v) is 6.36. The van der Waals surface area contributed by atoms with Crippen LogP contribution in [-0.2, 0) is 23.7 Å². The average molecular weight is 480 g/mol. The van der Waals surface area contributed by atoms with Crippen molar-refractivity contribution in [2.45, 2.75) is 61.2 Å². The lowest BCUT2D eigenvalue weighted by Crippen LogP contribution is -2.61. The van der Waals surface area contributed by atoms with E-state index in [9.17, 15) is 35.4 Å². The summed E-state index contributed by atoms with van der Waals surface area (Å²) in [5.41, 5.74) is -1.10. The Morgan fingerprint density at radius 3 is 2.53 bits per heavy atom. The molecule has 2 heterocycles. The fourth-order valence-corrected chi connectivity index (χ4v) is 4.47. The van der Waals surface area contributed by atoms with Crippen molar-refractivity contribution in [3.63, 3.8) is 0 Å². The van der Waals surface area contributed by atoms with E-state index >= 15 is 0 Å². The van der Waals surface area contributed by atoms with Crippen LogP contribution in [0.4, 0.5) is 0 Å². The molecule has 1 aromatic carbocycles. The first-order valence-electron chi connectivity index (χ1n) is 10.9. The lowest BCUT2D eigenvalue weighted by molar-refractivity contribution is -0.348. The number of aliphatic hydroxyl groups is 6. The van der Waals surface area contributed by atoms with Crippen LogP contribution < -0.4 is 0 Å². The van der Waals surface area contributed by atoms with E-state index in [4.69, 9.17) is 18.9 Å². The van der Waals surface area contributed by atoms with Gasteiger partial charge in [-0.2, -0.15) is 0 Å². The molecule has 10 atom stereocenters. The van der Waals surface area contributed by atoms with Crippen LogP contribution in [0.5, 0.6) is 0 Å². The zero-order valence-electron chi connectivity index (χ0n) is 18.0. The Labute approximate surface area is 195 Å². The normalized spacial score (nSPS) is 41.8. The van der Waals surface area contributed by atoms with Gasteiger partial charge in [-0.25, -0.2) is 4.79 Å². The molecule has 2 fully saturated rings. The van der Waals surface area contributed by atoms with E-state index in [1.807, 2.05) is 18.2 Å². The van der Waals surface area contributed by atoms with Crippen molar-refractivity contribution in [1.29, 1.82) is 0 Å². The fourth-order valence-electron chi connectivity index (χ4n) is 4.47. The standard InChI is InChI=1S/C23H28O11/c24-11-14-18(27)19(28)20(29)22(33-14)34-21-17-13(10-15(25)23(17,30)8-9-31-21)32-16(26)7-6-12-4-2-1-3-5-12/h1-9,13-15,17-22,24-25,27-30H,10-11H2/b7-6+/t13?,14?,15?,17?,18?,19?,20?,21-,22?,23?/m0/s1. The van der Waals surface area contributed by atoms with Crippen molar-refractivity contribution in [3.05, 3.63) is 54.3 Å². The Kier molecular flexibility index (Phi) is 7.36. The molecule has 34 heavy (non-hydrogen) atoms. The molecule has 0 amide bonds. The highest BCUT2D eigenvalue weighted by atomic mass is 16.8. The van der Waals surface area contributed by atoms with Gasteiger partial charge in [0.25, 0.3) is 0 Å². The minimum Gasteiger partial charge on any atom is -0.472 e. The Morgan fingerprint density at radius 2 is 1.82 bits per heavy atom. The zero-order chi connectivity index (χ0) is 24.5. The van der Waals surface area contributed by atoms with Crippen LogP contribution in [-0.4, -0.2) is 98.0 Å². The molecule has 0 radical (unpaired) electrons. The molecule has 1 saturated heterocycles. The maximum atomic E-state index is 12.4. The molecule has 1 aromatic rings. The molecule has 11 heteroatoms. The van der Waals surface area contributed by atoms with Gasteiger partial charge in [0.1, 0.15) is 36.1 Å². The van der Waals surface area contributed by atoms with E-state index in [0.29, 0.717) is 0 Å². The zero-order valence-corrected chi connectivity index (χ0v) is 18.0. The first-order valence-corrected chi connectivity index (χ1v) is 10.9. The number of ether oxygens (including phenoxy) is 4. The maximum absolute atomic E-state index is 12.4. The Hall–Kier alpha value is -2.35. The van der Waals surface area contributed by atoms with E-state index in [1.54, 1.807) is 18.2 Å². The largest absolute Gasteiger partial charge is 0.472 e. The summed E-state index contributed by atoms with van der Waals surface area (Å²) in [6.45, 7) is -0.656. The van der Waals surface area contributed by atoms with Crippen LogP contribution in [0.1, 0.15) is 12.0 Å². The van der Waals surface area contributed by atoms with Gasteiger partial charge in [-0.1, -0.05) is 30.3 Å². The number of rotatable bonds is 6. The summed E-state index contributed by atoms with van der Waals surface area (Å²) in [6.07, 6.45) is -6.47. The van der Waals surface area contributed by atoms with Gasteiger partial charge in [0.05, 0.1) is 24.9 Å². The highest BCUT2D eigenvalue weighted by Crippen LogP contribution is 2.45. The average Bonchev–Trinajstić information content (AvgIpc) is 3.08. The third-order valence-electron chi connectivity index (χ3n) is 6.36. The molecular formula is C23H28O11. The van der Waals surface area contributed by atoms with Gasteiger partial charge >= 0.3 is 5.97 Å². The molecule has 0 aromatic heterocycles. The van der Waals surface area contributed by atoms with Crippen molar-refractivity contribution < 1.29 is 54.4 Å². The highest BCUT2D eigenvalue weighted by molar-refractivity contribution is 5.87. The summed E-state index contributed by atoms with van der Waals surface area (Å²) in [5.74, 6) is -1.83. The minimum absolute atomic E-state index is 0.117. The van der Waals surface area contributed by atoms with Crippen molar-refractivity contribution in [3.8, 4) is 0 Å². The molecule has 2 aliphatic heterocycles. The summed E-state index contributed by atoms with van der Waals surface area (Å²) in [5, 5.41) is 61.2. The molecule has 1 saturated carbocycles. The summed E-state index contributed by atoms with van der Waals surface area (Å²) < 4.78 is 21.9. The van der Waals surface area contributed by atoms with Gasteiger partial charge in [0, 0.05) is 12.5 Å². The lowest BCUT2D eigenvalue weighted by Gasteiger charge is -2.44. The molecule has 11 nitrogen and oxygen atoms in total.